The van der Waals surface area contributed by atoms with Crippen LogP contribution in [0.4, 0.5) is 0 Å². The normalized spacial score (nSPS) is 16.4. The lowest BCUT2D eigenvalue weighted by molar-refractivity contribution is -0.138. The third-order valence-electron chi connectivity index (χ3n) is 3.82. The van der Waals surface area contributed by atoms with Crippen molar-refractivity contribution < 1.29 is 19.1 Å². The van der Waals surface area contributed by atoms with Gasteiger partial charge in [-0.3, -0.25) is 4.79 Å². The summed E-state index contributed by atoms with van der Waals surface area (Å²) >= 11 is 0. The van der Waals surface area contributed by atoms with Gasteiger partial charge in [-0.05, 0) is 37.8 Å². The molecule has 0 fully saturated rings. The second kappa shape index (κ2) is 7.27. The van der Waals surface area contributed by atoms with Crippen molar-refractivity contribution in [3.05, 3.63) is 52.8 Å². The first kappa shape index (κ1) is 17.0. The Morgan fingerprint density at radius 2 is 1.91 bits per heavy atom. The monoisotopic (exact) mass is 314 g/mol. The summed E-state index contributed by atoms with van der Waals surface area (Å²) in [6.45, 7) is 5.39. The summed E-state index contributed by atoms with van der Waals surface area (Å²) in [7, 11) is 1.34. The van der Waals surface area contributed by atoms with E-state index >= 15 is 0 Å². The molecule has 0 heterocycles. The smallest absolute Gasteiger partial charge is 0.341 e. The molecule has 1 aromatic rings. The van der Waals surface area contributed by atoms with Crippen LogP contribution in [0.5, 0.6) is 0 Å². The largest absolute Gasteiger partial charge is 0.465 e. The Labute approximate surface area is 136 Å². The molecule has 0 spiro atoms. The highest BCUT2D eigenvalue weighted by atomic mass is 16.5. The number of benzene rings is 1. The molecule has 0 saturated carbocycles. The van der Waals surface area contributed by atoms with Crippen molar-refractivity contribution in [2.24, 2.45) is 5.92 Å². The molecule has 1 unspecified atom stereocenters. The Hall–Kier alpha value is -2.36. The van der Waals surface area contributed by atoms with E-state index < -0.39 is 11.9 Å². The van der Waals surface area contributed by atoms with Gasteiger partial charge in [0.25, 0.3) is 0 Å². The van der Waals surface area contributed by atoms with E-state index in [0.29, 0.717) is 17.8 Å². The highest BCUT2D eigenvalue weighted by Crippen LogP contribution is 2.38. The van der Waals surface area contributed by atoms with Gasteiger partial charge in [0.15, 0.2) is 0 Å². The number of ether oxygens (including phenoxy) is 2. The number of carbonyl (C=O) groups excluding carboxylic acids is 2. The molecule has 4 heteroatoms. The molecule has 0 aromatic heterocycles. The van der Waals surface area contributed by atoms with Crippen LogP contribution in [-0.2, 0) is 25.5 Å². The fraction of sp³-hybridized carbons (Fsp3) is 0.368. The van der Waals surface area contributed by atoms with Crippen LogP contribution < -0.4 is 0 Å². The van der Waals surface area contributed by atoms with Gasteiger partial charge in [-0.15, -0.1) is 0 Å². The van der Waals surface area contributed by atoms with Gasteiger partial charge in [0.05, 0.1) is 7.11 Å². The van der Waals surface area contributed by atoms with Crippen LogP contribution in [0, 0.1) is 5.92 Å². The Morgan fingerprint density at radius 3 is 2.52 bits per heavy atom. The lowest BCUT2D eigenvalue weighted by Crippen LogP contribution is -2.23. The van der Waals surface area contributed by atoms with Crippen molar-refractivity contribution >= 4 is 17.5 Å². The summed E-state index contributed by atoms with van der Waals surface area (Å²) in [6, 6.07) is 7.67. The molecule has 1 aromatic carbocycles. The van der Waals surface area contributed by atoms with E-state index in [1.807, 2.05) is 38.1 Å². The predicted octanol–water partition coefficient (Wildman–Crippen LogP) is 3.66. The summed E-state index contributed by atoms with van der Waals surface area (Å²) in [5.41, 5.74) is 3.39. The van der Waals surface area contributed by atoms with E-state index in [4.69, 9.17) is 9.47 Å². The lowest BCUT2D eigenvalue weighted by atomic mass is 9.81. The van der Waals surface area contributed by atoms with Crippen molar-refractivity contribution in [1.29, 1.82) is 0 Å². The first-order valence-corrected chi connectivity index (χ1v) is 7.66. The molecule has 0 radical (unpaired) electrons. The Morgan fingerprint density at radius 1 is 1.22 bits per heavy atom. The first-order valence-electron chi connectivity index (χ1n) is 7.66. The molecular weight excluding hydrogens is 292 g/mol. The molecule has 1 atom stereocenters. The van der Waals surface area contributed by atoms with Crippen LogP contribution in [0.25, 0.3) is 5.57 Å². The maximum atomic E-state index is 12.3. The fourth-order valence-corrected chi connectivity index (χ4v) is 2.81. The number of methoxy groups -OCH3 is 1. The van der Waals surface area contributed by atoms with Crippen molar-refractivity contribution in [2.45, 2.75) is 33.6 Å². The van der Waals surface area contributed by atoms with E-state index in [1.165, 1.54) is 19.6 Å². The van der Waals surface area contributed by atoms with Crippen LogP contribution in [0.1, 0.15) is 38.3 Å². The summed E-state index contributed by atoms with van der Waals surface area (Å²) in [6.07, 6.45) is 3.53. The molecule has 0 aliphatic heterocycles. The van der Waals surface area contributed by atoms with E-state index in [-0.39, 0.29) is 5.92 Å². The second-order valence-corrected chi connectivity index (χ2v) is 5.90. The van der Waals surface area contributed by atoms with Crippen LogP contribution in [0.2, 0.25) is 0 Å². The Kier molecular flexibility index (Phi) is 5.37. The van der Waals surface area contributed by atoms with Crippen molar-refractivity contribution in [2.75, 3.05) is 7.11 Å². The van der Waals surface area contributed by atoms with Gasteiger partial charge >= 0.3 is 11.9 Å². The van der Waals surface area contributed by atoms with Crippen LogP contribution in [-0.4, -0.2) is 19.0 Å². The highest BCUT2D eigenvalue weighted by molar-refractivity contribution is 6.18. The zero-order chi connectivity index (χ0) is 17.0. The zero-order valence-electron chi connectivity index (χ0n) is 14.0. The third kappa shape index (κ3) is 3.89. The Bertz CT molecular complexity index is 678. The van der Waals surface area contributed by atoms with Gasteiger partial charge in [-0.25, -0.2) is 4.79 Å². The van der Waals surface area contributed by atoms with Crippen LogP contribution >= 0.6 is 0 Å². The zero-order valence-corrected chi connectivity index (χ0v) is 14.0. The number of carbonyl (C=O) groups is 2. The molecule has 1 aliphatic rings. The summed E-state index contributed by atoms with van der Waals surface area (Å²) in [5, 5.41) is 0. The summed E-state index contributed by atoms with van der Waals surface area (Å²) in [4.78, 5) is 23.9. The van der Waals surface area contributed by atoms with Gasteiger partial charge in [0.2, 0.25) is 0 Å². The molecule has 1 aliphatic carbocycles. The van der Waals surface area contributed by atoms with Crippen molar-refractivity contribution in [1.82, 2.24) is 0 Å². The van der Waals surface area contributed by atoms with Crippen molar-refractivity contribution in [3.8, 4) is 0 Å². The Balaban J connectivity index is 2.59. The molecule has 0 N–H and O–H groups in total. The second-order valence-electron chi connectivity index (χ2n) is 5.90. The number of hydrogen-bond donors (Lipinski definition) is 0. The number of rotatable bonds is 4. The average Bonchev–Trinajstić information content (AvgIpc) is 2.51. The maximum absolute atomic E-state index is 12.3. The van der Waals surface area contributed by atoms with Gasteiger partial charge in [0, 0.05) is 12.8 Å². The fourth-order valence-electron chi connectivity index (χ4n) is 2.81. The minimum absolute atomic E-state index is 0.0576. The molecule has 122 valence electrons. The molecule has 0 bridgehead atoms. The van der Waals surface area contributed by atoms with Gasteiger partial charge in [-0.1, -0.05) is 35.9 Å². The first-order chi connectivity index (χ1) is 10.9. The minimum atomic E-state index is -0.476. The number of esters is 2. The van der Waals surface area contributed by atoms with Crippen LogP contribution in [0.15, 0.2) is 41.7 Å². The average molecular weight is 314 g/mol. The number of hydrogen-bond acceptors (Lipinski definition) is 4. The van der Waals surface area contributed by atoms with Crippen molar-refractivity contribution in [3.63, 3.8) is 0 Å². The summed E-state index contributed by atoms with van der Waals surface area (Å²) < 4.78 is 10.4. The molecular formula is C19H22O4. The number of fused-ring (bicyclic) bond motifs is 1. The minimum Gasteiger partial charge on any atom is -0.465 e. The van der Waals surface area contributed by atoms with Gasteiger partial charge < -0.3 is 9.47 Å². The standard InChI is InChI=1S/C19H22O4/c1-12(2)9-10-15-11-14-7-5-6-8-16(14)17(19(21)22-4)18(15)23-13(3)20/h5-9,15H,10-11H2,1-4H3. The topological polar surface area (TPSA) is 52.6 Å². The molecule has 23 heavy (non-hydrogen) atoms. The molecule has 0 amide bonds. The van der Waals surface area contributed by atoms with E-state index in [0.717, 1.165) is 17.5 Å². The van der Waals surface area contributed by atoms with E-state index in [1.54, 1.807) is 0 Å². The highest BCUT2D eigenvalue weighted by Gasteiger charge is 2.33. The van der Waals surface area contributed by atoms with Gasteiger partial charge in [-0.2, -0.15) is 0 Å². The lowest BCUT2D eigenvalue weighted by Gasteiger charge is -2.28. The molecule has 2 rings (SSSR count). The van der Waals surface area contributed by atoms with Gasteiger partial charge in [0.1, 0.15) is 11.3 Å². The van der Waals surface area contributed by atoms with E-state index in [9.17, 15) is 9.59 Å². The molecule has 4 nitrogen and oxygen atoms in total. The SMILES string of the molecule is COC(=O)C1=C(OC(C)=O)C(CC=C(C)C)Cc2ccccc21. The predicted molar refractivity (Wildman–Crippen MR) is 88.4 cm³/mol. The van der Waals surface area contributed by atoms with E-state index in [2.05, 4.69) is 6.08 Å². The number of allylic oxidation sites excluding steroid dienone is 3. The maximum Gasteiger partial charge on any atom is 0.341 e. The summed E-state index contributed by atoms with van der Waals surface area (Å²) in [5.74, 6) is -0.545. The third-order valence-corrected chi connectivity index (χ3v) is 3.82. The molecule has 0 saturated heterocycles. The van der Waals surface area contributed by atoms with Crippen LogP contribution in [0.3, 0.4) is 0 Å². The quantitative estimate of drug-likeness (QED) is 0.628.